The van der Waals surface area contributed by atoms with Gasteiger partial charge in [-0.15, -0.1) is 11.6 Å². The molecule has 1 unspecified atom stereocenters. The van der Waals surface area contributed by atoms with E-state index in [2.05, 4.69) is 0 Å². The molecule has 0 fully saturated rings. The Balaban J connectivity index is 2.75. The Hall–Kier alpha value is -0.730. The van der Waals surface area contributed by atoms with Crippen LogP contribution in [0.15, 0.2) is 24.3 Å². The van der Waals surface area contributed by atoms with Crippen LogP contribution in [0.4, 0.5) is 0 Å². The molecule has 0 N–H and O–H groups in total. The van der Waals surface area contributed by atoms with Gasteiger partial charge in [0.05, 0.1) is 16.5 Å². The number of carbonyl (C=O) groups is 1. The molecule has 0 heterocycles. The second kappa shape index (κ2) is 5.23. The standard InChI is InChI=1S/C10H10Cl2O2/c1-7(6-11)14-10(13)8-4-2-3-5-9(8)12/h2-5,7H,6H2,1H3. The zero-order valence-electron chi connectivity index (χ0n) is 7.67. The van der Waals surface area contributed by atoms with Gasteiger partial charge in [-0.05, 0) is 19.1 Å². The van der Waals surface area contributed by atoms with Crippen molar-refractivity contribution in [1.29, 1.82) is 0 Å². The second-order valence-corrected chi connectivity index (χ2v) is 3.57. The highest BCUT2D eigenvalue weighted by molar-refractivity contribution is 6.33. The molecule has 1 atom stereocenters. The van der Waals surface area contributed by atoms with Gasteiger partial charge in [-0.1, -0.05) is 23.7 Å². The first-order chi connectivity index (χ1) is 6.65. The van der Waals surface area contributed by atoms with Crippen molar-refractivity contribution in [3.05, 3.63) is 34.9 Å². The van der Waals surface area contributed by atoms with Gasteiger partial charge in [0.25, 0.3) is 0 Å². The van der Waals surface area contributed by atoms with E-state index in [-0.39, 0.29) is 12.0 Å². The van der Waals surface area contributed by atoms with Crippen LogP contribution in [-0.4, -0.2) is 18.0 Å². The highest BCUT2D eigenvalue weighted by atomic mass is 35.5. The van der Waals surface area contributed by atoms with E-state index < -0.39 is 5.97 Å². The van der Waals surface area contributed by atoms with E-state index in [0.29, 0.717) is 10.6 Å². The summed E-state index contributed by atoms with van der Waals surface area (Å²) in [6.45, 7) is 1.72. The zero-order chi connectivity index (χ0) is 10.6. The molecule has 0 spiro atoms. The number of ether oxygens (including phenoxy) is 1. The van der Waals surface area contributed by atoms with Gasteiger partial charge in [0.15, 0.2) is 0 Å². The number of esters is 1. The number of carbonyl (C=O) groups excluding carboxylic acids is 1. The lowest BCUT2D eigenvalue weighted by atomic mass is 10.2. The van der Waals surface area contributed by atoms with Crippen molar-refractivity contribution < 1.29 is 9.53 Å². The summed E-state index contributed by atoms with van der Waals surface area (Å²) in [6.07, 6.45) is -0.305. The number of halogens is 2. The highest BCUT2D eigenvalue weighted by Crippen LogP contribution is 2.16. The van der Waals surface area contributed by atoms with Gasteiger partial charge in [0.1, 0.15) is 6.10 Å². The molecule has 1 rings (SSSR count). The summed E-state index contributed by atoms with van der Waals surface area (Å²) in [5.41, 5.74) is 0.367. The van der Waals surface area contributed by atoms with Crippen LogP contribution < -0.4 is 0 Å². The van der Waals surface area contributed by atoms with Crippen molar-refractivity contribution in [1.82, 2.24) is 0 Å². The van der Waals surface area contributed by atoms with E-state index in [9.17, 15) is 4.79 Å². The molecule has 0 aliphatic heterocycles. The second-order valence-electron chi connectivity index (χ2n) is 2.85. The minimum absolute atomic E-state index is 0.274. The molecule has 2 nitrogen and oxygen atoms in total. The van der Waals surface area contributed by atoms with E-state index in [1.807, 2.05) is 0 Å². The molecule has 1 aromatic rings. The third-order valence-corrected chi connectivity index (χ3v) is 2.38. The molecule has 1 aromatic carbocycles. The Kier molecular flexibility index (Phi) is 4.23. The first-order valence-electron chi connectivity index (χ1n) is 4.16. The van der Waals surface area contributed by atoms with Crippen molar-refractivity contribution in [2.75, 3.05) is 5.88 Å². The molecule has 0 aliphatic rings. The maximum atomic E-state index is 11.5. The van der Waals surface area contributed by atoms with Crippen LogP contribution in [0.25, 0.3) is 0 Å². The maximum absolute atomic E-state index is 11.5. The number of benzene rings is 1. The lowest BCUT2D eigenvalue weighted by Crippen LogP contribution is -2.16. The van der Waals surface area contributed by atoms with Gasteiger partial charge in [0.2, 0.25) is 0 Å². The molecule has 0 radical (unpaired) electrons. The van der Waals surface area contributed by atoms with Crippen molar-refractivity contribution >= 4 is 29.2 Å². The van der Waals surface area contributed by atoms with Crippen LogP contribution in [0, 0.1) is 0 Å². The third-order valence-electron chi connectivity index (χ3n) is 1.62. The van der Waals surface area contributed by atoms with Gasteiger partial charge in [-0.25, -0.2) is 4.79 Å². The molecular formula is C10H10Cl2O2. The fourth-order valence-corrected chi connectivity index (χ4v) is 1.18. The highest BCUT2D eigenvalue weighted by Gasteiger charge is 2.13. The van der Waals surface area contributed by atoms with Gasteiger partial charge in [0, 0.05) is 0 Å². The summed E-state index contributed by atoms with van der Waals surface area (Å²) in [5.74, 6) is -0.167. The van der Waals surface area contributed by atoms with Gasteiger partial charge in [-0.3, -0.25) is 0 Å². The Morgan fingerprint density at radius 3 is 2.71 bits per heavy atom. The van der Waals surface area contributed by atoms with Crippen LogP contribution >= 0.6 is 23.2 Å². The van der Waals surface area contributed by atoms with Crippen LogP contribution in [0.2, 0.25) is 5.02 Å². The Bertz CT molecular complexity index is 326. The largest absolute Gasteiger partial charge is 0.458 e. The normalized spacial score (nSPS) is 12.2. The topological polar surface area (TPSA) is 26.3 Å². The molecule has 4 heteroatoms. The van der Waals surface area contributed by atoms with Crippen LogP contribution in [0.1, 0.15) is 17.3 Å². The average Bonchev–Trinajstić information content (AvgIpc) is 2.18. The summed E-state index contributed by atoms with van der Waals surface area (Å²) in [6, 6.07) is 6.74. The lowest BCUT2D eigenvalue weighted by molar-refractivity contribution is 0.0384. The molecule has 0 aliphatic carbocycles. The van der Waals surface area contributed by atoms with Crippen molar-refractivity contribution in [3.63, 3.8) is 0 Å². The van der Waals surface area contributed by atoms with E-state index in [4.69, 9.17) is 27.9 Å². The summed E-state index contributed by atoms with van der Waals surface area (Å²) in [7, 11) is 0. The smallest absolute Gasteiger partial charge is 0.339 e. The van der Waals surface area contributed by atoms with Crippen LogP contribution in [0.5, 0.6) is 0 Å². The molecule has 0 bridgehead atoms. The van der Waals surface area contributed by atoms with E-state index in [0.717, 1.165) is 0 Å². The molecule has 0 saturated carbocycles. The summed E-state index contributed by atoms with van der Waals surface area (Å²) in [4.78, 5) is 11.5. The SMILES string of the molecule is CC(CCl)OC(=O)c1ccccc1Cl. The Labute approximate surface area is 92.8 Å². The Morgan fingerprint density at radius 1 is 1.50 bits per heavy atom. The first kappa shape index (κ1) is 11.3. The van der Waals surface area contributed by atoms with Crippen LogP contribution in [0.3, 0.4) is 0 Å². The summed E-state index contributed by atoms with van der Waals surface area (Å²) >= 11 is 11.3. The number of hydrogen-bond donors (Lipinski definition) is 0. The molecule has 76 valence electrons. The summed E-state index contributed by atoms with van der Waals surface area (Å²) < 4.78 is 5.01. The average molecular weight is 233 g/mol. The third kappa shape index (κ3) is 2.89. The minimum atomic E-state index is -0.441. The first-order valence-corrected chi connectivity index (χ1v) is 5.08. The number of alkyl halides is 1. The minimum Gasteiger partial charge on any atom is -0.458 e. The van der Waals surface area contributed by atoms with Gasteiger partial charge < -0.3 is 4.74 Å². The maximum Gasteiger partial charge on any atom is 0.339 e. The summed E-state index contributed by atoms with van der Waals surface area (Å²) in [5, 5.41) is 0.388. The number of rotatable bonds is 3. The Morgan fingerprint density at radius 2 is 2.14 bits per heavy atom. The predicted octanol–water partition coefficient (Wildman–Crippen LogP) is 3.12. The van der Waals surface area contributed by atoms with E-state index in [1.54, 1.807) is 31.2 Å². The monoisotopic (exact) mass is 232 g/mol. The van der Waals surface area contributed by atoms with Crippen molar-refractivity contribution in [2.45, 2.75) is 13.0 Å². The zero-order valence-corrected chi connectivity index (χ0v) is 9.18. The molecule has 0 aromatic heterocycles. The number of hydrogen-bond acceptors (Lipinski definition) is 2. The van der Waals surface area contributed by atoms with E-state index in [1.165, 1.54) is 0 Å². The van der Waals surface area contributed by atoms with Gasteiger partial charge in [-0.2, -0.15) is 0 Å². The van der Waals surface area contributed by atoms with Crippen molar-refractivity contribution in [3.8, 4) is 0 Å². The molecule has 0 amide bonds. The van der Waals surface area contributed by atoms with Crippen molar-refractivity contribution in [2.24, 2.45) is 0 Å². The molecule has 14 heavy (non-hydrogen) atoms. The predicted molar refractivity (Wildman–Crippen MR) is 57.0 cm³/mol. The fourth-order valence-electron chi connectivity index (χ4n) is 0.904. The molecular weight excluding hydrogens is 223 g/mol. The van der Waals surface area contributed by atoms with Gasteiger partial charge >= 0.3 is 5.97 Å². The van der Waals surface area contributed by atoms with Crippen LogP contribution in [-0.2, 0) is 4.74 Å². The van der Waals surface area contributed by atoms with E-state index >= 15 is 0 Å². The quantitative estimate of drug-likeness (QED) is 0.592. The lowest BCUT2D eigenvalue weighted by Gasteiger charge is -2.10. The molecule has 0 saturated heterocycles. The fraction of sp³-hybridized carbons (Fsp3) is 0.300.